The second-order valence-electron chi connectivity index (χ2n) is 7.89. The molecule has 0 spiro atoms. The molecule has 1 aromatic carbocycles. The molecule has 2 amide bonds. The van der Waals surface area contributed by atoms with Gasteiger partial charge in [0.15, 0.2) is 0 Å². The maximum atomic E-state index is 13.0. The Morgan fingerprint density at radius 3 is 2.11 bits per heavy atom. The van der Waals surface area contributed by atoms with Gasteiger partial charge in [0.05, 0.1) is 0 Å². The van der Waals surface area contributed by atoms with E-state index in [0.717, 1.165) is 74.9 Å². The smallest absolute Gasteiger partial charge is 0.253 e. The highest BCUT2D eigenvalue weighted by Gasteiger charge is 2.41. The summed E-state index contributed by atoms with van der Waals surface area (Å²) in [5.74, 6) is 0.682. The number of hydrogen-bond acceptors (Lipinski definition) is 3. The van der Waals surface area contributed by atoms with Gasteiger partial charge in [-0.25, -0.2) is 0 Å². The molecule has 2 saturated heterocycles. The summed E-state index contributed by atoms with van der Waals surface area (Å²) in [6, 6.07) is 8.11. The van der Waals surface area contributed by atoms with E-state index >= 15 is 0 Å². The number of ether oxygens (including phenoxy) is 1. The summed E-state index contributed by atoms with van der Waals surface area (Å²) in [6.07, 6.45) is 5.71. The van der Waals surface area contributed by atoms with E-state index in [-0.39, 0.29) is 17.9 Å². The molecule has 3 fully saturated rings. The zero-order chi connectivity index (χ0) is 18.8. The van der Waals surface area contributed by atoms with E-state index in [9.17, 15) is 9.59 Å². The van der Waals surface area contributed by atoms with Crippen LogP contribution in [0.5, 0.6) is 0 Å². The molecule has 1 aliphatic carbocycles. The highest BCUT2D eigenvalue weighted by Crippen LogP contribution is 2.35. The fourth-order valence-electron chi connectivity index (χ4n) is 4.28. The number of rotatable bonds is 4. The average Bonchev–Trinajstić information content (AvgIpc) is 3.55. The summed E-state index contributed by atoms with van der Waals surface area (Å²) in [6.45, 7) is 2.94. The normalized spacial score (nSPS) is 21.9. The predicted molar refractivity (Wildman–Crippen MR) is 106 cm³/mol. The van der Waals surface area contributed by atoms with Gasteiger partial charge in [0.2, 0.25) is 5.91 Å². The molecule has 0 unspecified atom stereocenters. The van der Waals surface area contributed by atoms with Crippen LogP contribution >= 0.6 is 15.9 Å². The summed E-state index contributed by atoms with van der Waals surface area (Å²) < 4.78 is 6.48. The van der Waals surface area contributed by atoms with E-state index in [1.54, 1.807) is 0 Å². The fourth-order valence-corrected chi connectivity index (χ4v) is 4.55. The molecule has 0 atom stereocenters. The number of amides is 2. The van der Waals surface area contributed by atoms with Crippen molar-refractivity contribution in [1.29, 1.82) is 0 Å². The maximum absolute atomic E-state index is 13.0. The van der Waals surface area contributed by atoms with Gasteiger partial charge in [0.25, 0.3) is 5.91 Å². The van der Waals surface area contributed by atoms with Crippen LogP contribution in [0.3, 0.4) is 0 Å². The molecule has 0 radical (unpaired) electrons. The molecule has 1 aromatic rings. The minimum atomic E-state index is 0.0899. The lowest BCUT2D eigenvalue weighted by atomic mass is 9.96. The number of carbonyl (C=O) groups excluding carboxylic acids is 2. The summed E-state index contributed by atoms with van der Waals surface area (Å²) in [5.41, 5.74) is 0.729. The molecular formula is C21H27BrN2O3. The Balaban J connectivity index is 1.40. The van der Waals surface area contributed by atoms with E-state index in [4.69, 9.17) is 4.74 Å². The SMILES string of the molecule is O=C(c1ccc(Br)cc1)N1CCC(N(C(=O)C2CC2)C2CCOCC2)CC1. The molecule has 5 nitrogen and oxygen atoms in total. The Morgan fingerprint density at radius 2 is 1.52 bits per heavy atom. The standard InChI is InChI=1S/C21H27BrN2O3/c22-17-5-3-15(4-6-17)20(25)23-11-7-18(8-12-23)24(21(26)16-1-2-16)19-9-13-27-14-10-19/h3-6,16,18-19H,1-2,7-14H2. The largest absolute Gasteiger partial charge is 0.381 e. The quantitative estimate of drug-likeness (QED) is 0.728. The first-order valence-electron chi connectivity index (χ1n) is 10.1. The van der Waals surface area contributed by atoms with Crippen molar-refractivity contribution in [2.75, 3.05) is 26.3 Å². The minimum absolute atomic E-state index is 0.0899. The molecule has 4 rings (SSSR count). The second kappa shape index (κ2) is 8.31. The van der Waals surface area contributed by atoms with Crippen molar-refractivity contribution in [3.63, 3.8) is 0 Å². The number of nitrogens with zero attached hydrogens (tertiary/aromatic N) is 2. The van der Waals surface area contributed by atoms with Crippen molar-refractivity contribution in [3.8, 4) is 0 Å². The van der Waals surface area contributed by atoms with Crippen LogP contribution in [-0.2, 0) is 9.53 Å². The molecule has 0 N–H and O–H groups in total. The summed E-state index contributed by atoms with van der Waals surface area (Å²) in [7, 11) is 0. The molecule has 146 valence electrons. The zero-order valence-electron chi connectivity index (χ0n) is 15.6. The van der Waals surface area contributed by atoms with Gasteiger partial charge in [0.1, 0.15) is 0 Å². The number of benzene rings is 1. The monoisotopic (exact) mass is 434 g/mol. The van der Waals surface area contributed by atoms with Gasteiger partial charge in [-0.15, -0.1) is 0 Å². The molecule has 2 heterocycles. The third-order valence-corrected chi connectivity index (χ3v) is 6.53. The van der Waals surface area contributed by atoms with Crippen LogP contribution in [0.15, 0.2) is 28.7 Å². The van der Waals surface area contributed by atoms with E-state index in [1.807, 2.05) is 29.2 Å². The topological polar surface area (TPSA) is 49.9 Å². The van der Waals surface area contributed by atoms with Gasteiger partial charge < -0.3 is 14.5 Å². The fraction of sp³-hybridized carbons (Fsp3) is 0.619. The molecule has 27 heavy (non-hydrogen) atoms. The highest BCUT2D eigenvalue weighted by molar-refractivity contribution is 9.10. The van der Waals surface area contributed by atoms with Crippen LogP contribution < -0.4 is 0 Å². The van der Waals surface area contributed by atoms with Gasteiger partial charge in [-0.3, -0.25) is 9.59 Å². The summed E-state index contributed by atoms with van der Waals surface area (Å²) >= 11 is 3.41. The van der Waals surface area contributed by atoms with E-state index in [0.29, 0.717) is 11.9 Å². The summed E-state index contributed by atoms with van der Waals surface area (Å²) in [4.78, 5) is 29.9. The Morgan fingerprint density at radius 1 is 0.926 bits per heavy atom. The van der Waals surface area contributed by atoms with Crippen molar-refractivity contribution in [1.82, 2.24) is 9.80 Å². The van der Waals surface area contributed by atoms with Crippen molar-refractivity contribution in [2.45, 2.75) is 50.6 Å². The van der Waals surface area contributed by atoms with Crippen molar-refractivity contribution in [3.05, 3.63) is 34.3 Å². The Labute approximate surface area is 169 Å². The number of halogens is 1. The lowest BCUT2D eigenvalue weighted by molar-refractivity contribution is -0.141. The van der Waals surface area contributed by atoms with E-state index in [1.165, 1.54) is 0 Å². The highest BCUT2D eigenvalue weighted by atomic mass is 79.9. The second-order valence-corrected chi connectivity index (χ2v) is 8.81. The van der Waals surface area contributed by atoms with E-state index in [2.05, 4.69) is 20.8 Å². The summed E-state index contributed by atoms with van der Waals surface area (Å²) in [5, 5.41) is 0. The van der Waals surface area contributed by atoms with Crippen LogP contribution in [0.2, 0.25) is 0 Å². The Bertz CT molecular complexity index is 675. The number of piperidine rings is 1. The number of carbonyl (C=O) groups is 2. The zero-order valence-corrected chi connectivity index (χ0v) is 17.2. The molecular weight excluding hydrogens is 408 g/mol. The first kappa shape index (κ1) is 18.9. The van der Waals surface area contributed by atoms with Crippen LogP contribution in [0.1, 0.15) is 48.9 Å². The average molecular weight is 435 g/mol. The Hall–Kier alpha value is -1.40. The minimum Gasteiger partial charge on any atom is -0.381 e. The van der Waals surface area contributed by atoms with E-state index < -0.39 is 0 Å². The van der Waals surface area contributed by atoms with Crippen LogP contribution in [0.4, 0.5) is 0 Å². The predicted octanol–water partition coefficient (Wildman–Crippen LogP) is 3.47. The lowest BCUT2D eigenvalue weighted by Crippen LogP contribution is -2.54. The van der Waals surface area contributed by atoms with Crippen molar-refractivity contribution < 1.29 is 14.3 Å². The molecule has 2 aliphatic heterocycles. The first-order valence-corrected chi connectivity index (χ1v) is 10.9. The molecule has 0 bridgehead atoms. The third-order valence-electron chi connectivity index (χ3n) is 6.00. The van der Waals surface area contributed by atoms with Crippen molar-refractivity contribution in [2.24, 2.45) is 5.92 Å². The molecule has 6 heteroatoms. The molecule has 0 aromatic heterocycles. The molecule has 3 aliphatic rings. The van der Waals surface area contributed by atoms with Crippen molar-refractivity contribution >= 4 is 27.7 Å². The van der Waals surface area contributed by atoms with Crippen LogP contribution in [0, 0.1) is 5.92 Å². The van der Waals surface area contributed by atoms with Crippen LogP contribution in [0.25, 0.3) is 0 Å². The molecule has 1 saturated carbocycles. The third kappa shape index (κ3) is 4.37. The van der Waals surface area contributed by atoms with Crippen LogP contribution in [-0.4, -0.2) is 60.0 Å². The van der Waals surface area contributed by atoms with Gasteiger partial charge in [-0.05, 0) is 62.8 Å². The van der Waals surface area contributed by atoms with Gasteiger partial charge in [0, 0.05) is 54.3 Å². The lowest BCUT2D eigenvalue weighted by Gasteiger charge is -2.44. The van der Waals surface area contributed by atoms with Gasteiger partial charge in [-0.1, -0.05) is 15.9 Å². The Kier molecular flexibility index (Phi) is 5.83. The van der Waals surface area contributed by atoms with Gasteiger partial charge >= 0.3 is 0 Å². The maximum Gasteiger partial charge on any atom is 0.253 e. The van der Waals surface area contributed by atoms with Gasteiger partial charge in [-0.2, -0.15) is 0 Å². The number of hydrogen-bond donors (Lipinski definition) is 0. The number of likely N-dealkylation sites (tertiary alicyclic amines) is 1. The first-order chi connectivity index (χ1) is 13.1.